The zero-order valence-electron chi connectivity index (χ0n) is 12.5. The molecule has 1 aromatic rings. The Morgan fingerprint density at radius 2 is 2.00 bits per heavy atom. The Kier molecular flexibility index (Phi) is 7.23. The van der Waals surface area contributed by atoms with Crippen LogP contribution in [0.15, 0.2) is 47.9 Å². The summed E-state index contributed by atoms with van der Waals surface area (Å²) < 4.78 is 26.5. The first-order chi connectivity index (χ1) is 10.4. The van der Waals surface area contributed by atoms with Crippen molar-refractivity contribution in [2.24, 2.45) is 5.92 Å². The second kappa shape index (κ2) is 8.67. The molecular weight excluding hydrogens is 304 g/mol. The minimum absolute atomic E-state index is 0.0730. The number of aliphatic hydroxyl groups is 1. The first-order valence-corrected chi connectivity index (χ1v) is 8.46. The molecule has 0 aliphatic rings. The number of aliphatic hydroxyl groups excluding tert-OH is 1. The summed E-state index contributed by atoms with van der Waals surface area (Å²) in [5.41, 5.74) is 0. The molecule has 0 bridgehead atoms. The SMILES string of the molecule is C=CCC(CO)CNC(=O)[C@H](C)NS(=O)(=O)c1ccccc1. The number of sulfonamides is 1. The number of nitrogens with one attached hydrogen (secondary N) is 2. The summed E-state index contributed by atoms with van der Waals surface area (Å²) in [4.78, 5) is 12.0. The first kappa shape index (κ1) is 18.3. The number of amides is 1. The van der Waals surface area contributed by atoms with Crippen molar-refractivity contribution in [3.8, 4) is 0 Å². The highest BCUT2D eigenvalue weighted by atomic mass is 32.2. The van der Waals surface area contributed by atoms with Gasteiger partial charge in [-0.15, -0.1) is 6.58 Å². The average molecular weight is 326 g/mol. The molecule has 0 saturated carbocycles. The third-order valence-electron chi connectivity index (χ3n) is 3.10. The van der Waals surface area contributed by atoms with Gasteiger partial charge in [0.25, 0.3) is 0 Å². The van der Waals surface area contributed by atoms with E-state index in [2.05, 4.69) is 16.6 Å². The van der Waals surface area contributed by atoms with Gasteiger partial charge in [-0.2, -0.15) is 4.72 Å². The van der Waals surface area contributed by atoms with Crippen LogP contribution < -0.4 is 10.0 Å². The molecule has 122 valence electrons. The molecule has 0 spiro atoms. The Labute approximate surface area is 131 Å². The Morgan fingerprint density at radius 1 is 1.36 bits per heavy atom. The molecule has 0 fully saturated rings. The lowest BCUT2D eigenvalue weighted by atomic mass is 10.1. The van der Waals surface area contributed by atoms with E-state index in [1.807, 2.05) is 0 Å². The van der Waals surface area contributed by atoms with Crippen molar-refractivity contribution in [3.63, 3.8) is 0 Å². The maximum absolute atomic E-state index is 12.1. The van der Waals surface area contributed by atoms with Crippen molar-refractivity contribution >= 4 is 15.9 Å². The van der Waals surface area contributed by atoms with E-state index in [1.54, 1.807) is 24.3 Å². The van der Waals surface area contributed by atoms with Gasteiger partial charge in [-0.05, 0) is 25.5 Å². The highest BCUT2D eigenvalue weighted by Gasteiger charge is 2.22. The molecule has 1 aromatic carbocycles. The summed E-state index contributed by atoms with van der Waals surface area (Å²) in [6.45, 7) is 5.24. The van der Waals surface area contributed by atoms with Crippen molar-refractivity contribution in [2.75, 3.05) is 13.2 Å². The fourth-order valence-corrected chi connectivity index (χ4v) is 3.03. The fraction of sp³-hybridized carbons (Fsp3) is 0.400. The quantitative estimate of drug-likeness (QED) is 0.581. The third-order valence-corrected chi connectivity index (χ3v) is 4.66. The zero-order valence-corrected chi connectivity index (χ0v) is 13.3. The number of carbonyl (C=O) groups is 1. The molecule has 1 amide bonds. The fourth-order valence-electron chi connectivity index (χ4n) is 1.81. The van der Waals surface area contributed by atoms with Gasteiger partial charge in [-0.25, -0.2) is 8.42 Å². The number of allylic oxidation sites excluding steroid dienone is 1. The van der Waals surface area contributed by atoms with Crippen LogP contribution in [0.4, 0.5) is 0 Å². The summed E-state index contributed by atoms with van der Waals surface area (Å²) >= 11 is 0. The van der Waals surface area contributed by atoms with Gasteiger partial charge in [-0.3, -0.25) is 4.79 Å². The molecule has 0 aliphatic heterocycles. The van der Waals surface area contributed by atoms with Gasteiger partial charge >= 0.3 is 0 Å². The summed E-state index contributed by atoms with van der Waals surface area (Å²) in [5, 5.41) is 11.8. The van der Waals surface area contributed by atoms with Crippen molar-refractivity contribution in [1.29, 1.82) is 0 Å². The number of carbonyl (C=O) groups excluding carboxylic acids is 1. The van der Waals surface area contributed by atoms with Crippen LogP contribution in [0.2, 0.25) is 0 Å². The Balaban J connectivity index is 2.59. The summed E-state index contributed by atoms with van der Waals surface area (Å²) in [7, 11) is -3.74. The number of benzene rings is 1. The predicted molar refractivity (Wildman–Crippen MR) is 84.6 cm³/mol. The Morgan fingerprint density at radius 3 is 2.55 bits per heavy atom. The molecule has 0 heterocycles. The lowest BCUT2D eigenvalue weighted by molar-refractivity contribution is -0.122. The monoisotopic (exact) mass is 326 g/mol. The van der Waals surface area contributed by atoms with Crippen LogP contribution in [-0.2, 0) is 14.8 Å². The highest BCUT2D eigenvalue weighted by molar-refractivity contribution is 7.89. The van der Waals surface area contributed by atoms with Crippen LogP contribution >= 0.6 is 0 Å². The second-order valence-electron chi connectivity index (χ2n) is 4.97. The molecule has 0 saturated heterocycles. The second-order valence-corrected chi connectivity index (χ2v) is 6.69. The maximum Gasteiger partial charge on any atom is 0.241 e. The highest BCUT2D eigenvalue weighted by Crippen LogP contribution is 2.08. The molecule has 2 atom stereocenters. The van der Waals surface area contributed by atoms with Gasteiger partial charge in [0, 0.05) is 19.1 Å². The smallest absolute Gasteiger partial charge is 0.241 e. The van der Waals surface area contributed by atoms with Gasteiger partial charge in [0.1, 0.15) is 0 Å². The number of hydrogen-bond donors (Lipinski definition) is 3. The molecule has 6 nitrogen and oxygen atoms in total. The molecule has 7 heteroatoms. The molecular formula is C15H22N2O4S. The standard InChI is InChI=1S/C15H22N2O4S/c1-3-7-13(11-18)10-16-15(19)12(2)17-22(20,21)14-8-5-4-6-9-14/h3-6,8-9,12-13,17-18H,1,7,10-11H2,2H3,(H,16,19)/t12-,13?/m0/s1. The summed E-state index contributed by atoms with van der Waals surface area (Å²) in [6, 6.07) is 6.94. The summed E-state index contributed by atoms with van der Waals surface area (Å²) in [6.07, 6.45) is 2.23. The minimum Gasteiger partial charge on any atom is -0.396 e. The summed E-state index contributed by atoms with van der Waals surface area (Å²) in [5.74, 6) is -0.568. The van der Waals surface area contributed by atoms with Crippen LogP contribution in [0.25, 0.3) is 0 Å². The third kappa shape index (κ3) is 5.59. The molecule has 3 N–H and O–H groups in total. The van der Waals surface area contributed by atoms with Gasteiger partial charge < -0.3 is 10.4 Å². The van der Waals surface area contributed by atoms with Crippen molar-refractivity contribution in [1.82, 2.24) is 10.0 Å². The van der Waals surface area contributed by atoms with E-state index >= 15 is 0 Å². The van der Waals surface area contributed by atoms with Crippen LogP contribution in [-0.4, -0.2) is 38.6 Å². The van der Waals surface area contributed by atoms with Crippen LogP contribution in [0, 0.1) is 5.92 Å². The Bertz CT molecular complexity index is 587. The Hall–Kier alpha value is -1.70. The molecule has 22 heavy (non-hydrogen) atoms. The minimum atomic E-state index is -3.74. The van der Waals surface area contributed by atoms with E-state index in [-0.39, 0.29) is 24.0 Å². The van der Waals surface area contributed by atoms with Crippen molar-refractivity contribution in [3.05, 3.63) is 43.0 Å². The van der Waals surface area contributed by atoms with Gasteiger partial charge in [-0.1, -0.05) is 24.3 Å². The van der Waals surface area contributed by atoms with Gasteiger partial charge in [0.2, 0.25) is 15.9 Å². The number of rotatable bonds is 9. The van der Waals surface area contributed by atoms with Crippen LogP contribution in [0.1, 0.15) is 13.3 Å². The lowest BCUT2D eigenvalue weighted by Crippen LogP contribution is -2.46. The van der Waals surface area contributed by atoms with E-state index < -0.39 is 22.0 Å². The van der Waals surface area contributed by atoms with E-state index in [1.165, 1.54) is 19.1 Å². The van der Waals surface area contributed by atoms with Crippen LogP contribution in [0.3, 0.4) is 0 Å². The molecule has 0 aromatic heterocycles. The van der Waals surface area contributed by atoms with E-state index in [0.717, 1.165) is 0 Å². The lowest BCUT2D eigenvalue weighted by Gasteiger charge is -2.17. The molecule has 1 rings (SSSR count). The first-order valence-electron chi connectivity index (χ1n) is 6.97. The molecule has 0 radical (unpaired) electrons. The van der Waals surface area contributed by atoms with Gasteiger partial charge in [0.05, 0.1) is 10.9 Å². The van der Waals surface area contributed by atoms with Crippen LogP contribution in [0.5, 0.6) is 0 Å². The van der Waals surface area contributed by atoms with Crippen molar-refractivity contribution < 1.29 is 18.3 Å². The van der Waals surface area contributed by atoms with Crippen molar-refractivity contribution in [2.45, 2.75) is 24.3 Å². The molecule has 1 unspecified atom stereocenters. The zero-order chi connectivity index (χ0) is 16.6. The predicted octanol–water partition coefficient (Wildman–Crippen LogP) is 0.654. The average Bonchev–Trinajstić information content (AvgIpc) is 2.51. The van der Waals surface area contributed by atoms with E-state index in [9.17, 15) is 13.2 Å². The molecule has 0 aliphatic carbocycles. The number of hydrogen-bond acceptors (Lipinski definition) is 4. The maximum atomic E-state index is 12.1. The van der Waals surface area contributed by atoms with E-state index in [4.69, 9.17) is 5.11 Å². The van der Waals surface area contributed by atoms with Gasteiger partial charge in [0.15, 0.2) is 0 Å². The normalized spacial score (nSPS) is 14.1. The largest absolute Gasteiger partial charge is 0.396 e. The topological polar surface area (TPSA) is 95.5 Å². The van der Waals surface area contributed by atoms with E-state index in [0.29, 0.717) is 6.42 Å².